The van der Waals surface area contributed by atoms with Gasteiger partial charge in [0.15, 0.2) is 0 Å². The van der Waals surface area contributed by atoms with Crippen LogP contribution in [0.15, 0.2) is 0 Å². The molecule has 0 aliphatic rings. The summed E-state index contributed by atoms with van der Waals surface area (Å²) in [5, 5.41) is -7.29. The van der Waals surface area contributed by atoms with Crippen LogP contribution in [0.3, 0.4) is 0 Å². The Bertz CT molecular complexity index is 490. The van der Waals surface area contributed by atoms with Gasteiger partial charge < -0.3 is 2.85 Å². The molecule has 0 rings (SSSR count). The summed E-state index contributed by atoms with van der Waals surface area (Å²) in [6.45, 7) is 0. The fourth-order valence-corrected chi connectivity index (χ4v) is 1.17. The van der Waals surface area contributed by atoms with Gasteiger partial charge >= 0.3 is 77.1 Å². The van der Waals surface area contributed by atoms with Gasteiger partial charge in [0.05, 0.1) is 0 Å². The average Bonchev–Trinajstić information content (AvgIpc) is 2.12. The second-order valence-electron chi connectivity index (χ2n) is 3.21. The number of halogens is 11. The van der Waals surface area contributed by atoms with Crippen LogP contribution in [-0.4, -0.2) is 79.9 Å². The fraction of sp³-hybridized carbons (Fsp3) is 1.00. The molecule has 0 aromatic heterocycles. The first kappa shape index (κ1) is 23.7. The summed E-state index contributed by atoms with van der Waals surface area (Å²) in [7, 11) is -7.41. The summed E-state index contributed by atoms with van der Waals surface area (Å²) in [6, 6.07) is 0. The van der Waals surface area contributed by atoms with Crippen LogP contribution < -0.4 is 0 Å². The molecule has 0 radical (unpaired) electrons. The predicted molar refractivity (Wildman–Crippen MR) is 45.4 cm³/mol. The summed E-state index contributed by atoms with van der Waals surface area (Å²) in [5.74, 6) is -23.3. The maximum Gasteiger partial charge on any atom is 2.00 e. The van der Waals surface area contributed by atoms with Crippen molar-refractivity contribution in [1.29, 1.82) is 0 Å². The van der Waals surface area contributed by atoms with Crippen molar-refractivity contribution in [3.05, 3.63) is 0 Å². The summed E-state index contributed by atoms with van der Waals surface area (Å²) < 4.78 is 161. The van der Waals surface area contributed by atoms with Crippen molar-refractivity contribution in [2.75, 3.05) is 0 Å². The first-order valence-corrected chi connectivity index (χ1v) is 5.24. The number of hydrogen-bond acceptors (Lipinski definition) is 2. The van der Waals surface area contributed by atoms with E-state index in [-0.39, 0.29) is 40.6 Å². The van der Waals surface area contributed by atoms with Crippen LogP contribution in [-0.2, 0) is 10.1 Å². The molecule has 0 aromatic carbocycles. The molecule has 16 heteroatoms. The molecule has 0 saturated carbocycles. The number of hydrogen-bond donors (Lipinski definition) is 1. The minimum atomic E-state index is -7.86. The van der Waals surface area contributed by atoms with E-state index in [2.05, 4.69) is 0 Å². The van der Waals surface area contributed by atoms with E-state index in [1.165, 1.54) is 0 Å². The molecule has 0 amide bonds. The summed E-state index contributed by atoms with van der Waals surface area (Å²) in [4.78, 5) is 0. The van der Waals surface area contributed by atoms with Gasteiger partial charge in [0.25, 0.3) is 0 Å². The van der Waals surface area contributed by atoms with E-state index in [9.17, 15) is 56.7 Å². The molecule has 0 aliphatic heterocycles. The first-order valence-electron chi connectivity index (χ1n) is 3.80. The molecule has 126 valence electrons. The van der Waals surface area contributed by atoms with E-state index in [1.54, 1.807) is 0 Å². The third-order valence-corrected chi connectivity index (χ3v) is 2.74. The van der Waals surface area contributed by atoms with E-state index in [4.69, 9.17) is 4.55 Å². The van der Waals surface area contributed by atoms with Gasteiger partial charge in [-0.2, -0.15) is 56.7 Å². The molecule has 0 aromatic rings. The zero-order valence-electron chi connectivity index (χ0n) is 11.0. The molecule has 0 heterocycles. The first-order chi connectivity index (χ1) is 8.25. The van der Waals surface area contributed by atoms with E-state index < -0.39 is 39.3 Å². The third kappa shape index (κ3) is 3.35. The molecular formula is C5H3CaF11O3S. The van der Waals surface area contributed by atoms with E-state index in [1.807, 2.05) is 0 Å². The summed E-state index contributed by atoms with van der Waals surface area (Å²) in [5.41, 5.74) is 0. The molecule has 0 fully saturated rings. The molecular weight excluding hydrogens is 389 g/mol. The molecule has 0 spiro atoms. The van der Waals surface area contributed by atoms with Crippen molar-refractivity contribution in [3.8, 4) is 0 Å². The Morgan fingerprint density at radius 1 is 0.667 bits per heavy atom. The SMILES string of the molecule is O=S(=O)(O)C(F)(F)C(F)(F)C(F)(F)C(F)(F)C(F)(F)F.[Ca+2].[H-].[H-]. The van der Waals surface area contributed by atoms with Gasteiger partial charge in [-0.05, 0) is 0 Å². The zero-order chi connectivity index (χ0) is 17.0. The minimum absolute atomic E-state index is 0. The van der Waals surface area contributed by atoms with Crippen LogP contribution in [0, 0.1) is 0 Å². The second-order valence-corrected chi connectivity index (χ2v) is 4.68. The maximum absolute atomic E-state index is 12.5. The van der Waals surface area contributed by atoms with Crippen molar-refractivity contribution in [2.45, 2.75) is 29.2 Å². The van der Waals surface area contributed by atoms with Gasteiger partial charge in [-0.1, -0.05) is 0 Å². The van der Waals surface area contributed by atoms with E-state index in [0.29, 0.717) is 0 Å². The van der Waals surface area contributed by atoms with E-state index in [0.717, 1.165) is 0 Å². The van der Waals surface area contributed by atoms with Crippen molar-refractivity contribution in [2.24, 2.45) is 0 Å². The summed E-state index contributed by atoms with van der Waals surface area (Å²) >= 11 is 0. The Morgan fingerprint density at radius 2 is 0.952 bits per heavy atom. The van der Waals surface area contributed by atoms with Crippen LogP contribution in [0.2, 0.25) is 0 Å². The number of alkyl halides is 11. The fourth-order valence-electron chi connectivity index (χ4n) is 0.720. The molecule has 0 bridgehead atoms. The third-order valence-electron chi connectivity index (χ3n) is 1.83. The van der Waals surface area contributed by atoms with Crippen molar-refractivity contribution >= 4 is 47.9 Å². The van der Waals surface area contributed by atoms with Gasteiger partial charge in [0, 0.05) is 0 Å². The standard InChI is InChI=1S/C5HF11O3S.Ca.2H/c6-1(7,2(8,9)4(12,13)14)3(10,11)5(15,16)20(17,18)19;;;/h(H,17,18,19);;;/q;+2;2*-1. The van der Waals surface area contributed by atoms with Gasteiger partial charge in [-0.15, -0.1) is 0 Å². The second kappa shape index (κ2) is 5.79. The Hall–Kier alpha value is 0.400. The molecule has 1 N–H and O–H groups in total. The maximum atomic E-state index is 12.5. The van der Waals surface area contributed by atoms with Crippen LogP contribution in [0.4, 0.5) is 48.3 Å². The largest absolute Gasteiger partial charge is 2.00 e. The Labute approximate surface area is 141 Å². The monoisotopic (exact) mass is 392 g/mol. The van der Waals surface area contributed by atoms with Crippen LogP contribution in [0.25, 0.3) is 0 Å². The summed E-state index contributed by atoms with van der Waals surface area (Å²) in [6.07, 6.45) is -7.39. The van der Waals surface area contributed by atoms with Crippen molar-refractivity contribution in [1.82, 2.24) is 0 Å². The Balaban J connectivity index is -0.000000602. The van der Waals surface area contributed by atoms with Gasteiger partial charge in [0.2, 0.25) is 0 Å². The average molecular weight is 392 g/mol. The Morgan fingerprint density at radius 3 is 1.14 bits per heavy atom. The van der Waals surface area contributed by atoms with Crippen LogP contribution >= 0.6 is 0 Å². The van der Waals surface area contributed by atoms with Crippen molar-refractivity contribution < 1.29 is 64.1 Å². The van der Waals surface area contributed by atoms with Crippen LogP contribution in [0.5, 0.6) is 0 Å². The molecule has 0 aliphatic carbocycles. The quantitative estimate of drug-likeness (QED) is 0.455. The molecule has 0 unspecified atom stereocenters. The van der Waals surface area contributed by atoms with E-state index >= 15 is 0 Å². The molecule has 3 nitrogen and oxygen atoms in total. The molecule has 0 atom stereocenters. The smallest absolute Gasteiger partial charge is 1.00 e. The molecule has 21 heavy (non-hydrogen) atoms. The number of rotatable bonds is 4. The zero-order valence-corrected chi connectivity index (χ0v) is 12.1. The van der Waals surface area contributed by atoms with Crippen LogP contribution in [0.1, 0.15) is 2.85 Å². The topological polar surface area (TPSA) is 54.4 Å². The predicted octanol–water partition coefficient (Wildman–Crippen LogP) is 2.78. The normalized spacial score (nSPS) is 15.6. The van der Waals surface area contributed by atoms with Gasteiger partial charge in [-0.3, -0.25) is 4.55 Å². The van der Waals surface area contributed by atoms with Gasteiger partial charge in [0.1, 0.15) is 0 Å². The Kier molecular flexibility index (Phi) is 6.53. The van der Waals surface area contributed by atoms with Gasteiger partial charge in [-0.25, -0.2) is 0 Å². The minimum Gasteiger partial charge on any atom is -1.00 e. The van der Waals surface area contributed by atoms with Crippen molar-refractivity contribution in [3.63, 3.8) is 0 Å². The molecule has 0 saturated heterocycles.